The van der Waals surface area contributed by atoms with Crippen LogP contribution in [0.15, 0.2) is 108 Å². The van der Waals surface area contributed by atoms with E-state index in [-0.39, 0.29) is 11.6 Å². The summed E-state index contributed by atoms with van der Waals surface area (Å²) in [5.41, 5.74) is 2.08. The van der Waals surface area contributed by atoms with Crippen LogP contribution in [0.4, 0.5) is 0 Å². The number of hydrogen-bond donors (Lipinski definition) is 0. The van der Waals surface area contributed by atoms with Crippen molar-refractivity contribution in [2.45, 2.75) is 41.1 Å². The van der Waals surface area contributed by atoms with E-state index in [9.17, 15) is 8.42 Å². The summed E-state index contributed by atoms with van der Waals surface area (Å²) in [5, 5.41) is -0.470. The van der Waals surface area contributed by atoms with Gasteiger partial charge in [-0.25, -0.2) is 8.42 Å². The van der Waals surface area contributed by atoms with Gasteiger partial charge < -0.3 is 0 Å². The van der Waals surface area contributed by atoms with Gasteiger partial charge in [0.05, 0.1) is 15.7 Å². The first-order valence-corrected chi connectivity index (χ1v) is 12.0. The number of hydrogen-bond acceptors (Lipinski definition) is 3. The van der Waals surface area contributed by atoms with Crippen molar-refractivity contribution in [1.29, 1.82) is 0 Å². The largest absolute Gasteiger partial charge is 0.281 e. The lowest BCUT2D eigenvalue weighted by molar-refractivity contribution is 0.0972. The minimum Gasteiger partial charge on any atom is -0.281 e. The Balaban J connectivity index is 1.62. The molecule has 0 radical (unpaired) electrons. The summed E-state index contributed by atoms with van der Waals surface area (Å²) in [6.45, 7) is 0.728. The van der Waals surface area contributed by atoms with Crippen LogP contribution < -0.4 is 0 Å². The SMILES string of the molecule is O=S(=O)(c1ccccc1)C1CC2(c3ccccc3)CC=CC1N2Cc1ccccc1. The van der Waals surface area contributed by atoms with Gasteiger partial charge in [0.15, 0.2) is 9.84 Å². The summed E-state index contributed by atoms with van der Waals surface area (Å²) in [5.74, 6) is 0. The summed E-state index contributed by atoms with van der Waals surface area (Å²) in [6, 6.07) is 29.5. The Bertz CT molecular complexity index is 1140. The average Bonchev–Trinajstić information content (AvgIpc) is 2.97. The Kier molecular flexibility index (Phi) is 4.84. The zero-order valence-electron chi connectivity index (χ0n) is 16.8. The molecule has 5 rings (SSSR count). The lowest BCUT2D eigenvalue weighted by Gasteiger charge is -2.43. The molecule has 3 aromatic rings. The van der Waals surface area contributed by atoms with Crippen LogP contribution in [0, 0.1) is 0 Å². The van der Waals surface area contributed by atoms with E-state index in [0.29, 0.717) is 11.3 Å². The van der Waals surface area contributed by atoms with E-state index in [4.69, 9.17) is 0 Å². The van der Waals surface area contributed by atoms with Crippen LogP contribution in [-0.2, 0) is 21.9 Å². The van der Waals surface area contributed by atoms with Gasteiger partial charge in [-0.3, -0.25) is 4.90 Å². The number of benzene rings is 3. The normalized spacial score (nSPS) is 26.0. The second-order valence-corrected chi connectivity index (χ2v) is 10.4. The molecule has 0 amide bonds. The molecule has 3 atom stereocenters. The maximum Gasteiger partial charge on any atom is 0.183 e. The molecule has 2 aliphatic heterocycles. The molecule has 2 heterocycles. The molecule has 1 saturated heterocycles. The molecule has 0 spiro atoms. The third-order valence-electron chi connectivity index (χ3n) is 6.60. The van der Waals surface area contributed by atoms with Crippen molar-refractivity contribution >= 4 is 9.84 Å². The molecule has 30 heavy (non-hydrogen) atoms. The Morgan fingerprint density at radius 3 is 2.10 bits per heavy atom. The van der Waals surface area contributed by atoms with Crippen LogP contribution in [0.25, 0.3) is 0 Å². The van der Waals surface area contributed by atoms with Gasteiger partial charge in [-0.15, -0.1) is 0 Å². The second kappa shape index (κ2) is 7.53. The van der Waals surface area contributed by atoms with Crippen molar-refractivity contribution in [1.82, 2.24) is 4.90 Å². The number of rotatable bonds is 5. The highest BCUT2D eigenvalue weighted by molar-refractivity contribution is 7.92. The fourth-order valence-corrected chi connectivity index (χ4v) is 7.14. The smallest absolute Gasteiger partial charge is 0.183 e. The van der Waals surface area contributed by atoms with E-state index in [0.717, 1.165) is 13.0 Å². The Hall–Kier alpha value is -2.69. The molecule has 0 saturated carbocycles. The summed E-state index contributed by atoms with van der Waals surface area (Å²) in [4.78, 5) is 2.84. The van der Waals surface area contributed by atoms with Crippen LogP contribution in [0.5, 0.6) is 0 Å². The summed E-state index contributed by atoms with van der Waals surface area (Å²) < 4.78 is 27.4. The van der Waals surface area contributed by atoms with E-state index in [1.54, 1.807) is 24.3 Å². The van der Waals surface area contributed by atoms with Crippen LogP contribution in [0.2, 0.25) is 0 Å². The van der Waals surface area contributed by atoms with Crippen LogP contribution in [0.1, 0.15) is 24.0 Å². The van der Waals surface area contributed by atoms with Crippen LogP contribution in [0.3, 0.4) is 0 Å². The van der Waals surface area contributed by atoms with Gasteiger partial charge in [-0.1, -0.05) is 91.0 Å². The maximum absolute atomic E-state index is 13.7. The maximum atomic E-state index is 13.7. The molecule has 4 heteroatoms. The Morgan fingerprint density at radius 1 is 0.833 bits per heavy atom. The van der Waals surface area contributed by atoms with Crippen LogP contribution >= 0.6 is 0 Å². The third-order valence-corrected chi connectivity index (χ3v) is 8.77. The van der Waals surface area contributed by atoms with E-state index in [1.165, 1.54) is 11.1 Å². The molecule has 1 fully saturated rings. The number of sulfone groups is 1. The van der Waals surface area contributed by atoms with Crippen molar-refractivity contribution in [3.63, 3.8) is 0 Å². The predicted molar refractivity (Wildman–Crippen MR) is 120 cm³/mol. The zero-order valence-corrected chi connectivity index (χ0v) is 17.6. The minimum absolute atomic E-state index is 0.149. The topological polar surface area (TPSA) is 37.4 Å². The van der Waals surface area contributed by atoms with E-state index >= 15 is 0 Å². The lowest BCUT2D eigenvalue weighted by atomic mass is 9.83. The first kappa shape index (κ1) is 19.3. The molecule has 0 aromatic heterocycles. The Morgan fingerprint density at radius 2 is 1.43 bits per heavy atom. The first-order valence-electron chi connectivity index (χ1n) is 10.4. The molecular weight excluding hydrogens is 390 g/mol. The molecule has 3 nitrogen and oxygen atoms in total. The lowest BCUT2D eigenvalue weighted by Crippen LogP contribution is -2.46. The Labute approximate surface area is 178 Å². The third kappa shape index (κ3) is 3.11. The van der Waals surface area contributed by atoms with Crippen LogP contribution in [-0.4, -0.2) is 24.6 Å². The van der Waals surface area contributed by atoms with Crippen molar-refractivity contribution in [3.05, 3.63) is 114 Å². The molecule has 152 valence electrons. The van der Waals surface area contributed by atoms with Gasteiger partial charge in [0.2, 0.25) is 0 Å². The van der Waals surface area contributed by atoms with E-state index in [1.807, 2.05) is 30.3 Å². The second-order valence-electron chi connectivity index (χ2n) is 8.23. The van der Waals surface area contributed by atoms with Gasteiger partial charge in [0.1, 0.15) is 0 Å². The quantitative estimate of drug-likeness (QED) is 0.553. The monoisotopic (exact) mass is 415 g/mol. The van der Waals surface area contributed by atoms with Crippen molar-refractivity contribution < 1.29 is 8.42 Å². The summed E-state index contributed by atoms with van der Waals surface area (Å²) in [7, 11) is -3.46. The van der Waals surface area contributed by atoms with E-state index in [2.05, 4.69) is 53.5 Å². The predicted octanol–water partition coefficient (Wildman–Crippen LogP) is 4.96. The highest BCUT2D eigenvalue weighted by Crippen LogP contribution is 2.51. The molecule has 0 N–H and O–H groups in total. The van der Waals surface area contributed by atoms with Crippen molar-refractivity contribution in [3.8, 4) is 0 Å². The molecule has 0 aliphatic carbocycles. The standard InChI is InChI=1S/C26H25NO2S/c28-30(29,23-15-8-3-9-16-23)25-19-26(22-13-6-2-7-14-22)18-10-17-24(25)27(26)20-21-11-4-1-5-12-21/h1-17,24-25H,18-20H2. The van der Waals surface area contributed by atoms with Gasteiger partial charge in [-0.05, 0) is 36.1 Å². The molecule has 2 bridgehead atoms. The average molecular weight is 416 g/mol. The highest BCUT2D eigenvalue weighted by atomic mass is 32.2. The molecular formula is C26H25NO2S. The zero-order chi connectivity index (χ0) is 20.6. The molecule has 3 aromatic carbocycles. The van der Waals surface area contributed by atoms with Crippen molar-refractivity contribution in [2.75, 3.05) is 0 Å². The molecule has 3 unspecified atom stereocenters. The fourth-order valence-electron chi connectivity index (χ4n) is 5.15. The molecule has 2 aliphatic rings. The minimum atomic E-state index is -3.46. The summed E-state index contributed by atoms with van der Waals surface area (Å²) >= 11 is 0. The van der Waals surface area contributed by atoms with Gasteiger partial charge >= 0.3 is 0 Å². The number of nitrogens with zero attached hydrogens (tertiary/aromatic N) is 1. The highest BCUT2D eigenvalue weighted by Gasteiger charge is 2.56. The van der Waals surface area contributed by atoms with Gasteiger partial charge in [0.25, 0.3) is 0 Å². The first-order chi connectivity index (χ1) is 14.6. The summed E-state index contributed by atoms with van der Waals surface area (Å²) in [6.07, 6.45) is 5.71. The van der Waals surface area contributed by atoms with E-state index < -0.39 is 15.1 Å². The van der Waals surface area contributed by atoms with Gasteiger partial charge in [0, 0.05) is 12.6 Å². The number of fused-ring (bicyclic) bond motifs is 2. The van der Waals surface area contributed by atoms with Gasteiger partial charge in [-0.2, -0.15) is 0 Å². The fraction of sp³-hybridized carbons (Fsp3) is 0.231. The van der Waals surface area contributed by atoms with Crippen molar-refractivity contribution in [2.24, 2.45) is 0 Å².